The zero-order valence-corrected chi connectivity index (χ0v) is 20.8. The van der Waals surface area contributed by atoms with E-state index >= 15 is 0 Å². The summed E-state index contributed by atoms with van der Waals surface area (Å²) in [7, 11) is 0. The maximum absolute atomic E-state index is 13.6. The molecule has 39 heavy (non-hydrogen) atoms. The van der Waals surface area contributed by atoms with Gasteiger partial charge < -0.3 is 29.3 Å². The maximum atomic E-state index is 13.6. The van der Waals surface area contributed by atoms with Gasteiger partial charge in [-0.05, 0) is 42.4 Å². The van der Waals surface area contributed by atoms with Gasteiger partial charge in [-0.3, -0.25) is 4.57 Å². The number of nitrogens with zero attached hydrogens (tertiary/aromatic N) is 3. The van der Waals surface area contributed by atoms with Gasteiger partial charge in [-0.1, -0.05) is 17.7 Å². The van der Waals surface area contributed by atoms with Crippen molar-refractivity contribution in [2.24, 2.45) is 0 Å². The first-order valence-corrected chi connectivity index (χ1v) is 12.1. The van der Waals surface area contributed by atoms with Crippen molar-refractivity contribution in [2.75, 3.05) is 6.61 Å². The summed E-state index contributed by atoms with van der Waals surface area (Å²) in [5, 5.41) is 38.2. The molecule has 1 fully saturated rings. The van der Waals surface area contributed by atoms with Crippen LogP contribution in [0.25, 0.3) is 21.5 Å². The second-order valence-corrected chi connectivity index (χ2v) is 10.1. The minimum Gasteiger partial charge on any atom is -0.494 e. The number of alkyl halides is 3. The van der Waals surface area contributed by atoms with Crippen LogP contribution in [0.4, 0.5) is 18.9 Å². The minimum absolute atomic E-state index is 0.0142. The van der Waals surface area contributed by atoms with Crippen molar-refractivity contribution in [1.29, 1.82) is 0 Å². The normalized spacial score (nSPS) is 23.8. The largest absolute Gasteiger partial charge is 0.494 e. The summed E-state index contributed by atoms with van der Waals surface area (Å²) in [4.78, 5) is 2.92. The van der Waals surface area contributed by atoms with Crippen LogP contribution in [0.1, 0.15) is 36.5 Å². The van der Waals surface area contributed by atoms with E-state index in [2.05, 4.69) is 10.0 Å². The molecule has 2 aromatic carbocycles. The fraction of sp³-hybridized carbons (Fsp3) is 0.308. The van der Waals surface area contributed by atoms with E-state index in [1.807, 2.05) is 0 Å². The van der Waals surface area contributed by atoms with Crippen LogP contribution < -0.4 is 4.74 Å². The molecule has 13 heteroatoms. The monoisotopic (exact) mass is 561 g/mol. The predicted octanol–water partition coefficient (Wildman–Crippen LogP) is 5.93. The third-order valence-corrected chi connectivity index (χ3v) is 7.68. The lowest BCUT2D eigenvalue weighted by molar-refractivity contribution is -0.136. The van der Waals surface area contributed by atoms with Gasteiger partial charge in [0.2, 0.25) is 11.8 Å². The first-order chi connectivity index (χ1) is 18.4. The summed E-state index contributed by atoms with van der Waals surface area (Å²) in [5.41, 5.74) is -4.14. The molecule has 6 rings (SSSR count). The van der Waals surface area contributed by atoms with E-state index in [9.17, 15) is 28.5 Å². The van der Waals surface area contributed by atoms with Crippen LogP contribution in [-0.2, 0) is 22.1 Å². The highest BCUT2D eigenvalue weighted by atomic mass is 35.5. The number of hydrogen-bond acceptors (Lipinski definition) is 7. The topological polar surface area (TPSA) is 114 Å². The number of benzene rings is 2. The molecule has 4 heterocycles. The molecule has 202 valence electrons. The Bertz CT molecular complexity index is 1690. The lowest BCUT2D eigenvalue weighted by Crippen LogP contribution is -2.33. The summed E-state index contributed by atoms with van der Waals surface area (Å²) in [6.45, 7) is 8.57. The van der Waals surface area contributed by atoms with Gasteiger partial charge in [-0.2, -0.15) is 13.2 Å². The van der Waals surface area contributed by atoms with Crippen LogP contribution in [0.5, 0.6) is 17.6 Å². The Hall–Kier alpha value is -3.92. The molecule has 3 atom stereocenters. The van der Waals surface area contributed by atoms with E-state index in [0.717, 1.165) is 10.6 Å². The zero-order chi connectivity index (χ0) is 27.9. The van der Waals surface area contributed by atoms with Gasteiger partial charge in [0.25, 0.3) is 5.88 Å². The van der Waals surface area contributed by atoms with E-state index in [1.165, 1.54) is 13.0 Å². The van der Waals surface area contributed by atoms with Crippen LogP contribution in [0.3, 0.4) is 0 Å². The smallest absolute Gasteiger partial charge is 0.407 e. The Kier molecular flexibility index (Phi) is 5.39. The summed E-state index contributed by atoms with van der Waals surface area (Å²) < 4.78 is 59.0. The molecule has 0 saturated carbocycles. The van der Waals surface area contributed by atoms with Crippen LogP contribution in [-0.4, -0.2) is 37.8 Å². The first kappa shape index (κ1) is 25.4. The van der Waals surface area contributed by atoms with E-state index in [1.54, 1.807) is 18.2 Å². The van der Waals surface area contributed by atoms with Gasteiger partial charge in [0, 0.05) is 17.9 Å². The number of aromatic hydroxyl groups is 2. The van der Waals surface area contributed by atoms with Gasteiger partial charge in [0.15, 0.2) is 11.3 Å². The molecule has 2 aromatic heterocycles. The Morgan fingerprint density at radius 1 is 1.21 bits per heavy atom. The lowest BCUT2D eigenvalue weighted by Gasteiger charge is -2.26. The number of hydrogen-bond donors (Lipinski definition) is 3. The number of aliphatic hydroxyl groups excluding tert-OH is 1. The SMILES string of the molecule is [C-]#[N+]c1ccc(-n2c(O)c3c(c2O)C2(C)OC3(CCOc3noc4ccc(Cl)cc34)C[C@H]2O)cc1C(F)(F)F. The van der Waals surface area contributed by atoms with Crippen LogP contribution >= 0.6 is 11.6 Å². The molecule has 0 radical (unpaired) electrons. The van der Waals surface area contributed by atoms with Gasteiger partial charge in [0.05, 0.1) is 47.0 Å². The maximum Gasteiger partial charge on any atom is 0.407 e. The van der Waals surface area contributed by atoms with Gasteiger partial charge in [0.1, 0.15) is 11.2 Å². The van der Waals surface area contributed by atoms with E-state index < -0.39 is 46.5 Å². The molecule has 0 aliphatic carbocycles. The Balaban J connectivity index is 1.39. The number of halogens is 4. The fourth-order valence-corrected chi connectivity index (χ4v) is 5.83. The van der Waals surface area contributed by atoms with E-state index in [-0.39, 0.29) is 42.1 Å². The third-order valence-electron chi connectivity index (χ3n) is 7.45. The van der Waals surface area contributed by atoms with Crippen molar-refractivity contribution >= 4 is 28.3 Å². The Morgan fingerprint density at radius 3 is 2.67 bits per heavy atom. The second-order valence-electron chi connectivity index (χ2n) is 9.69. The van der Waals surface area contributed by atoms with Crippen molar-refractivity contribution in [3.8, 4) is 23.3 Å². The highest BCUT2D eigenvalue weighted by molar-refractivity contribution is 6.31. The Labute approximate surface area is 223 Å². The average Bonchev–Trinajstić information content (AvgIpc) is 3.55. The molecule has 2 bridgehead atoms. The molecule has 0 spiro atoms. The predicted molar refractivity (Wildman–Crippen MR) is 130 cm³/mol. The molecule has 9 nitrogen and oxygen atoms in total. The van der Waals surface area contributed by atoms with E-state index in [4.69, 9.17) is 32.2 Å². The summed E-state index contributed by atoms with van der Waals surface area (Å²) in [5.74, 6) is -0.944. The second kappa shape index (κ2) is 8.29. The van der Waals surface area contributed by atoms with Crippen LogP contribution in [0.2, 0.25) is 5.02 Å². The number of aliphatic hydroxyl groups is 1. The molecule has 2 aliphatic heterocycles. The van der Waals surface area contributed by atoms with Gasteiger partial charge in [-0.25, -0.2) is 4.85 Å². The molecule has 4 aromatic rings. The molecular weight excluding hydrogens is 543 g/mol. The minimum atomic E-state index is -4.84. The summed E-state index contributed by atoms with van der Waals surface area (Å²) in [6.07, 6.45) is -5.81. The molecule has 2 aliphatic rings. The molecule has 3 N–H and O–H groups in total. The number of fused-ring (bicyclic) bond motifs is 6. The molecule has 0 amide bonds. The van der Waals surface area contributed by atoms with Crippen molar-refractivity contribution < 1.29 is 42.5 Å². The van der Waals surface area contributed by atoms with Crippen LogP contribution in [0, 0.1) is 6.57 Å². The number of ether oxygens (including phenoxy) is 2. The summed E-state index contributed by atoms with van der Waals surface area (Å²) >= 11 is 6.06. The van der Waals surface area contributed by atoms with Gasteiger partial charge >= 0.3 is 6.18 Å². The molecule has 1 saturated heterocycles. The quantitative estimate of drug-likeness (QED) is 0.259. The van der Waals surface area contributed by atoms with Crippen molar-refractivity contribution in [3.05, 3.63) is 69.5 Å². The van der Waals surface area contributed by atoms with Crippen molar-refractivity contribution in [3.63, 3.8) is 0 Å². The Morgan fingerprint density at radius 2 is 1.95 bits per heavy atom. The van der Waals surface area contributed by atoms with Crippen LogP contribution in [0.15, 0.2) is 40.9 Å². The lowest BCUT2D eigenvalue weighted by atomic mass is 9.76. The summed E-state index contributed by atoms with van der Waals surface area (Å²) in [6, 6.07) is 7.74. The number of rotatable bonds is 5. The third kappa shape index (κ3) is 3.57. The highest BCUT2D eigenvalue weighted by Gasteiger charge is 2.66. The molecule has 2 unspecified atom stereocenters. The average molecular weight is 562 g/mol. The van der Waals surface area contributed by atoms with Gasteiger partial charge in [-0.15, -0.1) is 0 Å². The standard InChI is InChI=1S/C26H19ClF3N3O6/c1-24-18(34)11-25(39-24,7-8-37-21-14-9-12(27)3-6-17(14)38-32-21)20-19(24)22(35)33(23(20)36)13-4-5-16(31-2)15(10-13)26(28,29)30/h3-6,9-10,18,34-36H,7-8,11H2,1H3/t18-,24?,25?/m1/s1. The highest BCUT2D eigenvalue weighted by Crippen LogP contribution is 2.65. The zero-order valence-electron chi connectivity index (χ0n) is 20.1. The number of aromatic nitrogens is 2. The van der Waals surface area contributed by atoms with Crippen molar-refractivity contribution in [1.82, 2.24) is 9.72 Å². The van der Waals surface area contributed by atoms with Crippen molar-refractivity contribution in [2.45, 2.75) is 43.2 Å². The molecular formula is C26H19ClF3N3O6. The van der Waals surface area contributed by atoms with E-state index in [0.29, 0.717) is 22.1 Å². The fourth-order valence-electron chi connectivity index (χ4n) is 5.66. The first-order valence-electron chi connectivity index (χ1n) is 11.7.